The number of carbonyl (C=O) groups is 2. The number of nitrogens with one attached hydrogen (secondary N) is 2. The molecule has 3 aromatic rings. The zero-order valence-corrected chi connectivity index (χ0v) is 24.2. The highest BCUT2D eigenvalue weighted by molar-refractivity contribution is 7.88. The lowest BCUT2D eigenvalue weighted by Gasteiger charge is -2.35. The van der Waals surface area contributed by atoms with Crippen molar-refractivity contribution in [3.8, 4) is 0 Å². The lowest BCUT2D eigenvalue weighted by atomic mass is 9.80. The highest BCUT2D eigenvalue weighted by Gasteiger charge is 2.44. The normalized spacial score (nSPS) is 14.8. The number of nitrogens with two attached hydrogens (primary N) is 1. The second kappa shape index (κ2) is 11.7. The molecule has 0 saturated carbocycles. The van der Waals surface area contributed by atoms with Gasteiger partial charge in [0, 0.05) is 31.4 Å². The maximum atomic E-state index is 13.7. The van der Waals surface area contributed by atoms with Crippen molar-refractivity contribution >= 4 is 57.0 Å². The first kappa shape index (κ1) is 30.7. The number of aryl methyl sites for hydroxylation is 1. The number of halogens is 1. The molecule has 1 unspecified atom stereocenters. The molecule has 1 saturated heterocycles. The van der Waals surface area contributed by atoms with Gasteiger partial charge in [0.2, 0.25) is 15.9 Å². The molecule has 40 heavy (non-hydrogen) atoms. The van der Waals surface area contributed by atoms with Gasteiger partial charge in [-0.1, -0.05) is 6.07 Å². The number of likely N-dealkylation sites (tertiary alicyclic amines) is 1. The van der Waals surface area contributed by atoms with Gasteiger partial charge in [-0.05, 0) is 61.7 Å². The number of nitrogens with zero attached hydrogens (tertiary/aromatic N) is 4. The summed E-state index contributed by atoms with van der Waals surface area (Å²) >= 11 is 0. The van der Waals surface area contributed by atoms with Gasteiger partial charge in [-0.25, -0.2) is 22.5 Å². The third-order valence-corrected chi connectivity index (χ3v) is 8.28. The van der Waals surface area contributed by atoms with E-state index in [9.17, 15) is 23.1 Å². The molecule has 1 aliphatic heterocycles. The van der Waals surface area contributed by atoms with E-state index in [2.05, 4.69) is 5.32 Å². The molecule has 2 heterocycles. The predicted octanol–water partition coefficient (Wildman–Crippen LogP) is 2.71. The Morgan fingerprint density at radius 2 is 1.80 bits per heavy atom. The molecule has 0 aliphatic carbocycles. The Morgan fingerprint density at radius 3 is 2.35 bits per heavy atom. The van der Waals surface area contributed by atoms with Crippen molar-refractivity contribution in [3.63, 3.8) is 0 Å². The number of carboxylic acid groups (broad SMARTS) is 1. The zero-order valence-electron chi connectivity index (χ0n) is 22.5. The third-order valence-electron chi connectivity index (χ3n) is 7.20. The largest absolute Gasteiger partial charge is 0.464 e. The zero-order chi connectivity index (χ0) is 28.5. The highest BCUT2D eigenvalue weighted by Crippen LogP contribution is 2.32. The molecule has 1 aliphatic rings. The molecule has 1 atom stereocenters. The Hall–Kier alpha value is -3.84. The number of rotatable bonds is 9. The molecule has 216 valence electrons. The molecule has 0 bridgehead atoms. The van der Waals surface area contributed by atoms with Gasteiger partial charge in [0.1, 0.15) is 11.7 Å². The number of anilines is 1. The quantitative estimate of drug-likeness (QED) is 0.217. The third kappa shape index (κ3) is 6.15. The van der Waals surface area contributed by atoms with Crippen molar-refractivity contribution in [1.82, 2.24) is 18.8 Å². The summed E-state index contributed by atoms with van der Waals surface area (Å²) in [6, 6.07) is 12.4. The van der Waals surface area contributed by atoms with Gasteiger partial charge in [-0.15, -0.1) is 12.4 Å². The lowest BCUT2D eigenvalue weighted by Crippen LogP contribution is -2.53. The number of nitrogen functional groups attached to an aromatic ring is 1. The van der Waals surface area contributed by atoms with Gasteiger partial charge in [-0.3, -0.25) is 10.2 Å². The fourth-order valence-electron chi connectivity index (χ4n) is 4.87. The summed E-state index contributed by atoms with van der Waals surface area (Å²) in [4.78, 5) is 32.0. The summed E-state index contributed by atoms with van der Waals surface area (Å²) < 4.78 is 26.9. The van der Waals surface area contributed by atoms with Gasteiger partial charge < -0.3 is 25.6 Å². The minimum absolute atomic E-state index is 0. The van der Waals surface area contributed by atoms with Crippen LogP contribution in [0.5, 0.6) is 0 Å². The van der Waals surface area contributed by atoms with Crippen molar-refractivity contribution < 1.29 is 23.1 Å². The van der Waals surface area contributed by atoms with Crippen LogP contribution in [0.4, 0.5) is 10.5 Å². The molecule has 2 amide bonds. The average molecular weight is 592 g/mol. The second-order valence-electron chi connectivity index (χ2n) is 10.0. The fourth-order valence-corrected chi connectivity index (χ4v) is 5.64. The molecule has 14 heteroatoms. The van der Waals surface area contributed by atoms with E-state index in [1.807, 2.05) is 29.8 Å². The maximum absolute atomic E-state index is 13.7. The number of carbonyl (C=O) groups excluding carboxylic acids is 1. The molecular weight excluding hydrogens is 558 g/mol. The molecular formula is C26H34ClN7O5S. The average Bonchev–Trinajstić information content (AvgIpc) is 3.53. The smallest absolute Gasteiger partial charge is 0.421 e. The summed E-state index contributed by atoms with van der Waals surface area (Å²) in [5.74, 6) is 0.390. The topological polar surface area (TPSA) is 175 Å². The summed E-state index contributed by atoms with van der Waals surface area (Å²) in [6.07, 6.45) is 0.853. The van der Waals surface area contributed by atoms with Crippen LogP contribution in [0.25, 0.3) is 11.0 Å². The first-order chi connectivity index (χ1) is 18.3. The van der Waals surface area contributed by atoms with Crippen molar-refractivity contribution in [2.45, 2.75) is 31.7 Å². The van der Waals surface area contributed by atoms with E-state index in [4.69, 9.17) is 16.1 Å². The van der Waals surface area contributed by atoms with Gasteiger partial charge in [0.15, 0.2) is 0 Å². The van der Waals surface area contributed by atoms with E-state index in [-0.39, 0.29) is 24.1 Å². The van der Waals surface area contributed by atoms with Crippen LogP contribution < -0.4 is 11.1 Å². The molecule has 2 aromatic carbocycles. The minimum Gasteiger partial charge on any atom is -0.464 e. The standard InChI is InChI=1S/C26H33N7O5S.ClH/c1-26(24(34)32-12-4-5-13-32,16-33(25(35)36)39(3,37)38)18-8-11-21-20(14-18)30-22(31(21)2)15-29-19-9-6-17(7-10-19)23(27)28;/h6-11,14,29H,4-5,12-13,15-16H2,1-3H3,(H3,27,28)(H,35,36);1H. The summed E-state index contributed by atoms with van der Waals surface area (Å²) in [5, 5.41) is 20.5. The van der Waals surface area contributed by atoms with Crippen LogP contribution >= 0.6 is 12.4 Å². The number of hydrogen-bond acceptors (Lipinski definition) is 7. The Labute approximate surface area is 239 Å². The number of imidazole rings is 1. The number of aromatic nitrogens is 2. The number of fused-ring (bicyclic) bond motifs is 1. The van der Waals surface area contributed by atoms with Crippen molar-refractivity contribution in [2.75, 3.05) is 31.2 Å². The minimum atomic E-state index is -4.13. The fraction of sp³-hybridized carbons (Fsp3) is 0.385. The summed E-state index contributed by atoms with van der Waals surface area (Å²) in [6.45, 7) is 2.52. The van der Waals surface area contributed by atoms with E-state index >= 15 is 0 Å². The van der Waals surface area contributed by atoms with E-state index in [1.165, 1.54) is 0 Å². The van der Waals surface area contributed by atoms with Crippen LogP contribution in [-0.4, -0.2) is 76.0 Å². The van der Waals surface area contributed by atoms with E-state index < -0.39 is 28.1 Å². The number of sulfonamides is 1. The Kier molecular flexibility index (Phi) is 9.00. The monoisotopic (exact) mass is 591 g/mol. The van der Waals surface area contributed by atoms with Gasteiger partial charge in [0.05, 0.1) is 35.8 Å². The van der Waals surface area contributed by atoms with E-state index in [0.717, 1.165) is 30.3 Å². The van der Waals surface area contributed by atoms with Gasteiger partial charge in [0.25, 0.3) is 0 Å². The van der Waals surface area contributed by atoms with Crippen molar-refractivity contribution in [3.05, 3.63) is 59.4 Å². The van der Waals surface area contributed by atoms with Crippen LogP contribution in [0, 0.1) is 5.41 Å². The number of benzene rings is 2. The number of amides is 2. The Balaban J connectivity index is 0.00000441. The molecule has 0 radical (unpaired) electrons. The molecule has 5 N–H and O–H groups in total. The summed E-state index contributed by atoms with van der Waals surface area (Å²) in [7, 11) is -2.26. The first-order valence-corrected chi connectivity index (χ1v) is 14.3. The van der Waals surface area contributed by atoms with Crippen LogP contribution in [0.1, 0.15) is 36.7 Å². The predicted molar refractivity (Wildman–Crippen MR) is 155 cm³/mol. The molecule has 12 nitrogen and oxygen atoms in total. The van der Waals surface area contributed by atoms with Gasteiger partial charge in [-0.2, -0.15) is 0 Å². The molecule has 1 fully saturated rings. The molecule has 4 rings (SSSR count). The first-order valence-electron chi connectivity index (χ1n) is 12.5. The van der Waals surface area contributed by atoms with E-state index in [0.29, 0.717) is 46.4 Å². The molecule has 1 aromatic heterocycles. The van der Waals surface area contributed by atoms with E-state index in [1.54, 1.807) is 36.1 Å². The lowest BCUT2D eigenvalue weighted by molar-refractivity contribution is -0.136. The number of amidine groups is 1. The summed E-state index contributed by atoms with van der Waals surface area (Å²) in [5.41, 5.74) is 7.40. The van der Waals surface area contributed by atoms with Crippen LogP contribution in [-0.2, 0) is 33.8 Å². The SMILES string of the molecule is Cl.Cn1c(CNc2ccc(C(=N)N)cc2)nc2cc(C(C)(CN(C(=O)O)S(C)(=O)=O)C(=O)N3CCCC3)ccc21. The maximum Gasteiger partial charge on any atom is 0.421 e. The highest BCUT2D eigenvalue weighted by atomic mass is 35.5. The van der Waals surface area contributed by atoms with Crippen LogP contribution in [0.15, 0.2) is 42.5 Å². The Bertz CT molecular complexity index is 1530. The van der Waals surface area contributed by atoms with Crippen molar-refractivity contribution in [1.29, 1.82) is 5.41 Å². The van der Waals surface area contributed by atoms with Gasteiger partial charge >= 0.3 is 6.09 Å². The second-order valence-corrected chi connectivity index (χ2v) is 11.9. The van der Waals surface area contributed by atoms with Crippen LogP contribution in [0.3, 0.4) is 0 Å². The number of hydrogen-bond donors (Lipinski definition) is 4. The van der Waals surface area contributed by atoms with Crippen molar-refractivity contribution in [2.24, 2.45) is 12.8 Å². The molecule has 0 spiro atoms. The Morgan fingerprint density at radius 1 is 1.18 bits per heavy atom. The van der Waals surface area contributed by atoms with Crippen LogP contribution in [0.2, 0.25) is 0 Å².